The molecule has 3 rings (SSSR count). The minimum atomic E-state index is -1.12. The molecule has 0 fully saturated rings. The zero-order valence-electron chi connectivity index (χ0n) is 14.6. The topological polar surface area (TPSA) is 102 Å². The average molecular weight is 390 g/mol. The van der Waals surface area contributed by atoms with Gasteiger partial charge in [-0.05, 0) is 32.0 Å². The van der Waals surface area contributed by atoms with Crippen molar-refractivity contribution in [2.45, 2.75) is 19.4 Å². The van der Waals surface area contributed by atoms with Gasteiger partial charge in [0.05, 0.1) is 21.3 Å². The summed E-state index contributed by atoms with van der Waals surface area (Å²) in [7, 11) is 0. The molecule has 0 unspecified atom stereocenters. The number of hydrogen-bond donors (Lipinski definition) is 1. The summed E-state index contributed by atoms with van der Waals surface area (Å²) >= 11 is 5.98. The lowest BCUT2D eigenvalue weighted by molar-refractivity contribution is -0.384. The zero-order valence-corrected chi connectivity index (χ0v) is 15.3. The van der Waals surface area contributed by atoms with Crippen LogP contribution in [0.3, 0.4) is 0 Å². The highest BCUT2D eigenvalue weighted by Gasteiger charge is 2.43. The van der Waals surface area contributed by atoms with Gasteiger partial charge in [0.25, 0.3) is 11.6 Å². The quantitative estimate of drug-likeness (QED) is 0.637. The Morgan fingerprint density at radius 2 is 2.00 bits per heavy atom. The van der Waals surface area contributed by atoms with Gasteiger partial charge < -0.3 is 10.1 Å². The average Bonchev–Trinajstić information content (AvgIpc) is 2.61. The maximum Gasteiger partial charge on any atom is 0.271 e. The first-order valence-electron chi connectivity index (χ1n) is 8.02. The van der Waals surface area contributed by atoms with Crippen LogP contribution >= 0.6 is 11.6 Å². The van der Waals surface area contributed by atoms with E-state index < -0.39 is 16.4 Å². The molecule has 0 saturated carbocycles. The van der Waals surface area contributed by atoms with Crippen LogP contribution in [0.4, 0.5) is 17.1 Å². The van der Waals surface area contributed by atoms with E-state index in [-0.39, 0.29) is 29.0 Å². The highest BCUT2D eigenvalue weighted by atomic mass is 35.5. The molecule has 0 bridgehead atoms. The number of ether oxygens (including phenoxy) is 1. The number of nitro benzene ring substituents is 1. The number of nitrogens with one attached hydrogen (secondary N) is 1. The summed E-state index contributed by atoms with van der Waals surface area (Å²) < 4.78 is 5.45. The summed E-state index contributed by atoms with van der Waals surface area (Å²) in [5.41, 5.74) is -0.205. The fraction of sp³-hybridized carbons (Fsp3) is 0.222. The van der Waals surface area contributed by atoms with Gasteiger partial charge in [-0.2, -0.15) is 0 Å². The third-order valence-corrected chi connectivity index (χ3v) is 4.53. The maximum absolute atomic E-state index is 12.9. The lowest BCUT2D eigenvalue weighted by Gasteiger charge is -2.41. The second kappa shape index (κ2) is 6.88. The molecule has 0 radical (unpaired) electrons. The van der Waals surface area contributed by atoms with Crippen molar-refractivity contribution in [2.75, 3.05) is 16.8 Å². The van der Waals surface area contributed by atoms with Crippen LogP contribution in [0.2, 0.25) is 5.02 Å². The highest BCUT2D eigenvalue weighted by molar-refractivity contribution is 6.32. The van der Waals surface area contributed by atoms with Gasteiger partial charge in [-0.1, -0.05) is 23.7 Å². The van der Waals surface area contributed by atoms with Gasteiger partial charge >= 0.3 is 0 Å². The van der Waals surface area contributed by atoms with Gasteiger partial charge in [0, 0.05) is 12.1 Å². The Hall–Kier alpha value is -3.13. The maximum atomic E-state index is 12.9. The molecular formula is C18H16ClN3O5. The second-order valence-corrected chi connectivity index (χ2v) is 6.83. The number of anilines is 2. The highest BCUT2D eigenvalue weighted by Crippen LogP contribution is 2.37. The lowest BCUT2D eigenvalue weighted by Crippen LogP contribution is -2.59. The Kier molecular flexibility index (Phi) is 4.75. The van der Waals surface area contributed by atoms with Crippen LogP contribution in [0, 0.1) is 10.1 Å². The summed E-state index contributed by atoms with van der Waals surface area (Å²) in [4.78, 5) is 36.8. The largest absolute Gasteiger partial charge is 0.482 e. The van der Waals surface area contributed by atoms with E-state index in [9.17, 15) is 19.7 Å². The molecule has 0 atom stereocenters. The van der Waals surface area contributed by atoms with Crippen LogP contribution in [0.25, 0.3) is 0 Å². The van der Waals surface area contributed by atoms with E-state index in [1.54, 1.807) is 38.1 Å². The van der Waals surface area contributed by atoms with E-state index in [2.05, 4.69) is 5.32 Å². The van der Waals surface area contributed by atoms with Crippen molar-refractivity contribution in [3.63, 3.8) is 0 Å². The first kappa shape index (κ1) is 18.7. The molecule has 2 aromatic rings. The van der Waals surface area contributed by atoms with Crippen molar-refractivity contribution in [2.24, 2.45) is 0 Å². The molecule has 2 amide bonds. The van der Waals surface area contributed by atoms with Crippen LogP contribution in [-0.4, -0.2) is 28.9 Å². The molecule has 0 aliphatic carbocycles. The molecule has 9 heteroatoms. The molecule has 0 saturated heterocycles. The fourth-order valence-electron chi connectivity index (χ4n) is 2.82. The molecule has 1 aliphatic heterocycles. The van der Waals surface area contributed by atoms with E-state index in [4.69, 9.17) is 16.3 Å². The number of carbonyl (C=O) groups is 2. The summed E-state index contributed by atoms with van der Waals surface area (Å²) in [6.07, 6.45) is 0. The summed E-state index contributed by atoms with van der Waals surface area (Å²) in [6, 6.07) is 10.7. The fourth-order valence-corrected chi connectivity index (χ4v) is 3.05. The monoisotopic (exact) mass is 389 g/mol. The number of non-ortho nitro benzene ring substituents is 1. The van der Waals surface area contributed by atoms with Gasteiger partial charge in [-0.15, -0.1) is 0 Å². The van der Waals surface area contributed by atoms with Crippen molar-refractivity contribution in [1.29, 1.82) is 0 Å². The van der Waals surface area contributed by atoms with Crippen molar-refractivity contribution >= 4 is 40.5 Å². The molecule has 27 heavy (non-hydrogen) atoms. The number of fused-ring (bicyclic) bond motifs is 1. The number of nitro groups is 1. The number of benzene rings is 2. The van der Waals surface area contributed by atoms with E-state index in [0.717, 1.165) is 6.07 Å². The smallest absolute Gasteiger partial charge is 0.271 e. The van der Waals surface area contributed by atoms with Crippen LogP contribution in [0.1, 0.15) is 13.8 Å². The number of carbonyl (C=O) groups excluding carboxylic acids is 2. The minimum Gasteiger partial charge on any atom is -0.482 e. The lowest BCUT2D eigenvalue weighted by atomic mass is 9.96. The van der Waals surface area contributed by atoms with Gasteiger partial charge in [-0.3, -0.25) is 24.6 Å². The van der Waals surface area contributed by atoms with E-state index in [0.29, 0.717) is 11.4 Å². The van der Waals surface area contributed by atoms with Crippen LogP contribution < -0.4 is 15.0 Å². The number of para-hydroxylation sites is 2. The molecular weight excluding hydrogens is 374 g/mol. The molecule has 1 aliphatic rings. The van der Waals surface area contributed by atoms with Gasteiger partial charge in [-0.25, -0.2) is 0 Å². The van der Waals surface area contributed by atoms with Crippen molar-refractivity contribution in [1.82, 2.24) is 0 Å². The first-order valence-corrected chi connectivity index (χ1v) is 8.40. The normalized spacial score (nSPS) is 14.9. The van der Waals surface area contributed by atoms with Crippen molar-refractivity contribution < 1.29 is 19.2 Å². The summed E-state index contributed by atoms with van der Waals surface area (Å²) in [6.45, 7) is 2.88. The predicted octanol–water partition coefficient (Wildman–Crippen LogP) is 3.39. The molecule has 0 aromatic heterocycles. The van der Waals surface area contributed by atoms with E-state index >= 15 is 0 Å². The third kappa shape index (κ3) is 3.43. The Balaban J connectivity index is 1.83. The predicted molar refractivity (Wildman–Crippen MR) is 100 cm³/mol. The first-order chi connectivity index (χ1) is 12.7. The molecule has 1 heterocycles. The number of halogens is 1. The zero-order chi connectivity index (χ0) is 19.8. The van der Waals surface area contributed by atoms with Gasteiger partial charge in [0.1, 0.15) is 11.3 Å². The Labute approximate surface area is 159 Å². The number of nitrogens with zero attached hydrogens (tertiary/aromatic N) is 2. The minimum absolute atomic E-state index is 0.0213. The SMILES string of the molecule is CC1(C)C(=O)Nc2ccccc2N1C(=O)COc1ccc([N+](=O)[O-])cc1Cl. The van der Waals surface area contributed by atoms with Crippen LogP contribution in [0.5, 0.6) is 5.75 Å². The molecule has 8 nitrogen and oxygen atoms in total. The second-order valence-electron chi connectivity index (χ2n) is 6.42. The summed E-state index contributed by atoms with van der Waals surface area (Å²) in [5.74, 6) is -0.622. The standard InChI is InChI=1S/C18H16ClN3O5/c1-18(2)17(24)20-13-5-3-4-6-14(13)21(18)16(23)10-27-15-8-7-11(22(25)26)9-12(15)19/h3-9H,10H2,1-2H3,(H,20,24). The van der Waals surface area contributed by atoms with Crippen LogP contribution in [0.15, 0.2) is 42.5 Å². The Morgan fingerprint density at radius 3 is 2.67 bits per heavy atom. The number of amides is 2. The number of hydrogen-bond acceptors (Lipinski definition) is 5. The molecule has 2 aromatic carbocycles. The van der Waals surface area contributed by atoms with Gasteiger partial charge in [0.15, 0.2) is 6.61 Å². The molecule has 0 spiro atoms. The van der Waals surface area contributed by atoms with E-state index in [1.807, 2.05) is 0 Å². The Bertz CT molecular complexity index is 944. The van der Waals surface area contributed by atoms with Gasteiger partial charge in [0.2, 0.25) is 5.91 Å². The molecule has 140 valence electrons. The molecule has 1 N–H and O–H groups in total. The van der Waals surface area contributed by atoms with E-state index in [1.165, 1.54) is 17.0 Å². The van der Waals surface area contributed by atoms with Crippen molar-refractivity contribution in [3.8, 4) is 5.75 Å². The Morgan fingerprint density at radius 1 is 1.30 bits per heavy atom. The number of rotatable bonds is 4. The van der Waals surface area contributed by atoms with Crippen molar-refractivity contribution in [3.05, 3.63) is 57.6 Å². The third-order valence-electron chi connectivity index (χ3n) is 4.23. The summed E-state index contributed by atoms with van der Waals surface area (Å²) in [5, 5.41) is 13.6. The van der Waals surface area contributed by atoms with Crippen LogP contribution in [-0.2, 0) is 9.59 Å².